The summed E-state index contributed by atoms with van der Waals surface area (Å²) in [5.41, 5.74) is 5.20. The number of aromatic amines is 1. The Morgan fingerprint density at radius 2 is 2.26 bits per heavy atom. The SMILES string of the molecule is CCOC(=O)c1cn[nH]c1S(=O)(=O)N[C@@H](C)CN.Cl. The number of rotatable bonds is 6. The van der Waals surface area contributed by atoms with Crippen LogP contribution in [0.3, 0.4) is 0 Å². The second kappa shape index (κ2) is 7.43. The van der Waals surface area contributed by atoms with Crippen LogP contribution in [0.2, 0.25) is 0 Å². The summed E-state index contributed by atoms with van der Waals surface area (Å²) < 4.78 is 30.9. The van der Waals surface area contributed by atoms with Crippen LogP contribution in [0.4, 0.5) is 0 Å². The standard InChI is InChI=1S/C9H16N4O4S.ClH/c1-3-17-9(14)7-5-11-12-8(7)18(15,16)13-6(2)4-10;/h5-6,13H,3-4,10H2,1-2H3,(H,11,12);1H/t6-;/m0./s1. The molecular formula is C9H17ClN4O4S. The molecule has 10 heteroatoms. The van der Waals surface area contributed by atoms with Crippen molar-refractivity contribution < 1.29 is 17.9 Å². The van der Waals surface area contributed by atoms with Gasteiger partial charge >= 0.3 is 5.97 Å². The third kappa shape index (κ3) is 4.46. The average molecular weight is 313 g/mol. The van der Waals surface area contributed by atoms with E-state index in [1.165, 1.54) is 0 Å². The van der Waals surface area contributed by atoms with Gasteiger partial charge in [-0.25, -0.2) is 17.9 Å². The number of nitrogens with one attached hydrogen (secondary N) is 2. The summed E-state index contributed by atoms with van der Waals surface area (Å²) in [7, 11) is -3.87. The lowest BCUT2D eigenvalue weighted by Gasteiger charge is -2.11. The zero-order chi connectivity index (χ0) is 13.8. The Morgan fingerprint density at radius 3 is 2.79 bits per heavy atom. The number of aromatic nitrogens is 2. The number of sulfonamides is 1. The Kier molecular flexibility index (Phi) is 6.98. The highest BCUT2D eigenvalue weighted by Crippen LogP contribution is 2.13. The van der Waals surface area contributed by atoms with Crippen molar-refractivity contribution in [2.24, 2.45) is 5.73 Å². The second-order valence-electron chi connectivity index (χ2n) is 3.59. The predicted octanol–water partition coefficient (Wildman–Crippen LogP) is -0.366. The van der Waals surface area contributed by atoms with Gasteiger partial charge in [-0.2, -0.15) is 5.10 Å². The van der Waals surface area contributed by atoms with Crippen LogP contribution in [0, 0.1) is 0 Å². The summed E-state index contributed by atoms with van der Waals surface area (Å²) in [6.45, 7) is 3.52. The molecule has 1 aromatic rings. The summed E-state index contributed by atoms with van der Waals surface area (Å²) in [5.74, 6) is -0.743. The minimum Gasteiger partial charge on any atom is -0.462 e. The van der Waals surface area contributed by atoms with Gasteiger partial charge in [-0.15, -0.1) is 12.4 Å². The molecule has 8 nitrogen and oxygen atoms in total. The molecule has 0 fully saturated rings. The Labute approximate surface area is 117 Å². The molecule has 4 N–H and O–H groups in total. The summed E-state index contributed by atoms with van der Waals surface area (Å²) >= 11 is 0. The molecule has 0 radical (unpaired) electrons. The Hall–Kier alpha value is -1.16. The molecule has 0 saturated heterocycles. The van der Waals surface area contributed by atoms with E-state index in [1.807, 2.05) is 0 Å². The molecule has 0 saturated carbocycles. The fraction of sp³-hybridized carbons (Fsp3) is 0.556. The molecule has 0 spiro atoms. The van der Waals surface area contributed by atoms with E-state index in [2.05, 4.69) is 14.9 Å². The van der Waals surface area contributed by atoms with E-state index in [-0.39, 0.29) is 36.1 Å². The van der Waals surface area contributed by atoms with Gasteiger partial charge < -0.3 is 10.5 Å². The van der Waals surface area contributed by atoms with Gasteiger partial charge in [0.25, 0.3) is 10.0 Å². The number of nitrogens with zero attached hydrogens (tertiary/aromatic N) is 1. The number of ether oxygens (including phenoxy) is 1. The van der Waals surface area contributed by atoms with Gasteiger partial charge in [-0.3, -0.25) is 5.10 Å². The molecule has 1 atom stereocenters. The normalized spacial score (nSPS) is 12.6. The van der Waals surface area contributed by atoms with Gasteiger partial charge in [-0.05, 0) is 13.8 Å². The number of carbonyl (C=O) groups excluding carboxylic acids is 1. The topological polar surface area (TPSA) is 127 Å². The number of carbonyl (C=O) groups is 1. The highest BCUT2D eigenvalue weighted by molar-refractivity contribution is 7.89. The summed E-state index contributed by atoms with van der Waals surface area (Å²) in [6.07, 6.45) is 1.11. The van der Waals surface area contributed by atoms with Crippen LogP contribution in [0.25, 0.3) is 0 Å². The van der Waals surface area contributed by atoms with Gasteiger partial charge in [0.05, 0.1) is 12.8 Å². The van der Waals surface area contributed by atoms with Crippen LogP contribution in [-0.2, 0) is 14.8 Å². The van der Waals surface area contributed by atoms with Crippen molar-refractivity contribution in [2.45, 2.75) is 24.9 Å². The number of hydrogen-bond donors (Lipinski definition) is 3. The number of nitrogens with two attached hydrogens (primary N) is 1. The van der Waals surface area contributed by atoms with E-state index >= 15 is 0 Å². The van der Waals surface area contributed by atoms with E-state index in [0.29, 0.717) is 0 Å². The van der Waals surface area contributed by atoms with E-state index in [1.54, 1.807) is 13.8 Å². The van der Waals surface area contributed by atoms with Crippen LogP contribution in [0.1, 0.15) is 24.2 Å². The van der Waals surface area contributed by atoms with Gasteiger partial charge in [0, 0.05) is 12.6 Å². The van der Waals surface area contributed by atoms with Crippen LogP contribution >= 0.6 is 12.4 Å². The molecule has 0 aliphatic rings. The van der Waals surface area contributed by atoms with E-state index in [9.17, 15) is 13.2 Å². The smallest absolute Gasteiger partial charge is 0.342 e. The highest BCUT2D eigenvalue weighted by atomic mass is 35.5. The Bertz CT molecular complexity index is 516. The molecule has 0 unspecified atom stereocenters. The van der Waals surface area contributed by atoms with Gasteiger partial charge in [0.1, 0.15) is 5.56 Å². The molecule has 0 aromatic carbocycles. The quantitative estimate of drug-likeness (QED) is 0.615. The Balaban J connectivity index is 0.00000324. The first kappa shape index (κ1) is 17.8. The van der Waals surface area contributed by atoms with Crippen molar-refractivity contribution in [2.75, 3.05) is 13.2 Å². The predicted molar refractivity (Wildman–Crippen MR) is 70.6 cm³/mol. The van der Waals surface area contributed by atoms with Gasteiger partial charge in [0.2, 0.25) is 0 Å². The summed E-state index contributed by atoms with van der Waals surface area (Å²) in [5, 5.41) is 5.50. The first-order chi connectivity index (χ1) is 8.42. The van der Waals surface area contributed by atoms with Crippen molar-refractivity contribution in [3.05, 3.63) is 11.8 Å². The van der Waals surface area contributed by atoms with Crippen LogP contribution in [0.5, 0.6) is 0 Å². The fourth-order valence-corrected chi connectivity index (χ4v) is 2.55. The minimum atomic E-state index is -3.87. The zero-order valence-electron chi connectivity index (χ0n) is 10.5. The van der Waals surface area contributed by atoms with E-state index in [0.717, 1.165) is 6.20 Å². The van der Waals surface area contributed by atoms with Crippen molar-refractivity contribution in [3.63, 3.8) is 0 Å². The zero-order valence-corrected chi connectivity index (χ0v) is 12.2. The summed E-state index contributed by atoms with van der Waals surface area (Å²) in [4.78, 5) is 11.5. The largest absolute Gasteiger partial charge is 0.462 e. The maximum Gasteiger partial charge on any atom is 0.342 e. The lowest BCUT2D eigenvalue weighted by molar-refractivity contribution is 0.0522. The third-order valence-electron chi connectivity index (χ3n) is 2.08. The van der Waals surface area contributed by atoms with Crippen LogP contribution in [-0.4, -0.2) is 43.8 Å². The van der Waals surface area contributed by atoms with Crippen molar-refractivity contribution in [3.8, 4) is 0 Å². The number of halogens is 1. The second-order valence-corrected chi connectivity index (χ2v) is 5.24. The molecule has 0 aliphatic carbocycles. The average Bonchev–Trinajstić information content (AvgIpc) is 2.78. The number of H-pyrrole nitrogens is 1. The maximum absolute atomic E-state index is 11.9. The highest BCUT2D eigenvalue weighted by Gasteiger charge is 2.26. The van der Waals surface area contributed by atoms with Crippen LogP contribution < -0.4 is 10.5 Å². The maximum atomic E-state index is 11.9. The first-order valence-corrected chi connectivity index (χ1v) is 6.83. The number of esters is 1. The first-order valence-electron chi connectivity index (χ1n) is 5.35. The molecule has 0 aliphatic heterocycles. The van der Waals surface area contributed by atoms with E-state index in [4.69, 9.17) is 10.5 Å². The summed E-state index contributed by atoms with van der Waals surface area (Å²) in [6, 6.07) is -0.451. The molecule has 0 amide bonds. The van der Waals surface area contributed by atoms with Crippen molar-refractivity contribution in [1.29, 1.82) is 0 Å². The van der Waals surface area contributed by atoms with Gasteiger partial charge in [-0.1, -0.05) is 0 Å². The molecule has 1 rings (SSSR count). The molecule has 1 aromatic heterocycles. The Morgan fingerprint density at radius 1 is 1.63 bits per heavy atom. The van der Waals surface area contributed by atoms with Crippen molar-refractivity contribution in [1.82, 2.24) is 14.9 Å². The third-order valence-corrected chi connectivity index (χ3v) is 3.64. The molecule has 19 heavy (non-hydrogen) atoms. The minimum absolute atomic E-state index is 0. The molecule has 110 valence electrons. The van der Waals surface area contributed by atoms with E-state index < -0.39 is 22.0 Å². The lowest BCUT2D eigenvalue weighted by atomic mass is 10.4. The monoisotopic (exact) mass is 312 g/mol. The molecule has 1 heterocycles. The van der Waals surface area contributed by atoms with Gasteiger partial charge in [0.15, 0.2) is 5.03 Å². The molecular weight excluding hydrogens is 296 g/mol. The fourth-order valence-electron chi connectivity index (χ4n) is 1.21. The number of hydrogen-bond acceptors (Lipinski definition) is 6. The van der Waals surface area contributed by atoms with Crippen LogP contribution in [0.15, 0.2) is 11.2 Å². The lowest BCUT2D eigenvalue weighted by Crippen LogP contribution is -2.38. The molecule has 0 bridgehead atoms. The van der Waals surface area contributed by atoms with Crippen molar-refractivity contribution >= 4 is 28.4 Å².